The molecule has 6 heteroatoms. The molecular weight excluding hydrogens is 310 g/mol. The van der Waals surface area contributed by atoms with Crippen molar-refractivity contribution in [3.05, 3.63) is 16.4 Å². The second-order valence-electron chi connectivity index (χ2n) is 4.95. The minimum absolute atomic E-state index is 0.181. The van der Waals surface area contributed by atoms with Crippen LogP contribution in [0.4, 0.5) is 0 Å². The molecular formula is C13H20BrN3O2. The van der Waals surface area contributed by atoms with Gasteiger partial charge in [0.2, 0.25) is 0 Å². The molecule has 1 fully saturated rings. The van der Waals surface area contributed by atoms with Crippen LogP contribution in [0, 0.1) is 5.41 Å². The average Bonchev–Trinajstić information content (AvgIpc) is 3.03. The third-order valence-corrected chi connectivity index (χ3v) is 4.50. The summed E-state index contributed by atoms with van der Waals surface area (Å²) >= 11 is 3.44. The summed E-state index contributed by atoms with van der Waals surface area (Å²) in [5, 5.41) is 7.56. The molecule has 1 aromatic heterocycles. The summed E-state index contributed by atoms with van der Waals surface area (Å²) in [6, 6.07) is 0. The third kappa shape index (κ3) is 2.75. The normalized spacial score (nSPS) is 22.9. The number of aromatic nitrogens is 2. The Labute approximate surface area is 121 Å². The van der Waals surface area contributed by atoms with Crippen molar-refractivity contribution >= 4 is 21.7 Å². The summed E-state index contributed by atoms with van der Waals surface area (Å²) in [7, 11) is 1.65. The zero-order valence-electron chi connectivity index (χ0n) is 11.4. The van der Waals surface area contributed by atoms with Crippen molar-refractivity contribution in [2.24, 2.45) is 5.41 Å². The Morgan fingerprint density at radius 2 is 2.47 bits per heavy atom. The number of carbonyl (C=O) groups excluding carboxylic acids is 1. The first-order valence-corrected chi connectivity index (χ1v) is 7.39. The zero-order valence-corrected chi connectivity index (χ0v) is 13.0. The fourth-order valence-electron chi connectivity index (χ4n) is 2.59. The van der Waals surface area contributed by atoms with Gasteiger partial charge < -0.3 is 10.1 Å². The van der Waals surface area contributed by atoms with E-state index < -0.39 is 0 Å². The van der Waals surface area contributed by atoms with Crippen LogP contribution in [0.1, 0.15) is 30.3 Å². The van der Waals surface area contributed by atoms with Crippen molar-refractivity contribution < 1.29 is 9.53 Å². The fraction of sp³-hybridized carbons (Fsp3) is 0.692. The predicted molar refractivity (Wildman–Crippen MR) is 76.3 cm³/mol. The quantitative estimate of drug-likeness (QED) is 0.809. The molecule has 1 aromatic rings. The number of rotatable bonds is 6. The Hall–Kier alpha value is -0.720. The SMILES string of the molecule is CCC1(C(=O)c2c(Br)cnn2CCOC)CCNC1. The smallest absolute Gasteiger partial charge is 0.189 e. The van der Waals surface area contributed by atoms with Crippen molar-refractivity contribution in [1.29, 1.82) is 0 Å². The highest BCUT2D eigenvalue weighted by atomic mass is 79.9. The Kier molecular flexibility index (Phi) is 4.76. The van der Waals surface area contributed by atoms with Gasteiger partial charge >= 0.3 is 0 Å². The van der Waals surface area contributed by atoms with E-state index in [4.69, 9.17) is 4.74 Å². The lowest BCUT2D eigenvalue weighted by molar-refractivity contribution is 0.0794. The van der Waals surface area contributed by atoms with Crippen molar-refractivity contribution in [3.8, 4) is 0 Å². The summed E-state index contributed by atoms with van der Waals surface area (Å²) in [6.45, 7) is 4.88. The van der Waals surface area contributed by atoms with Crippen LogP contribution in [-0.2, 0) is 11.3 Å². The van der Waals surface area contributed by atoms with Gasteiger partial charge in [-0.05, 0) is 35.3 Å². The Balaban J connectivity index is 2.29. The van der Waals surface area contributed by atoms with Gasteiger partial charge in [0.1, 0.15) is 5.69 Å². The van der Waals surface area contributed by atoms with Gasteiger partial charge in [0.25, 0.3) is 0 Å². The van der Waals surface area contributed by atoms with Crippen molar-refractivity contribution in [2.75, 3.05) is 26.8 Å². The minimum atomic E-state index is -0.284. The van der Waals surface area contributed by atoms with E-state index in [0.717, 1.165) is 30.4 Å². The number of hydrogen-bond donors (Lipinski definition) is 1. The molecule has 1 unspecified atom stereocenters. The molecule has 1 saturated heterocycles. The summed E-state index contributed by atoms with van der Waals surface area (Å²) < 4.78 is 7.58. The third-order valence-electron chi connectivity index (χ3n) is 3.92. The topological polar surface area (TPSA) is 56.2 Å². The van der Waals surface area contributed by atoms with Crippen LogP contribution in [0.25, 0.3) is 0 Å². The molecule has 0 aromatic carbocycles. The predicted octanol–water partition coefficient (Wildman–Crippen LogP) is 1.86. The number of nitrogens with zero attached hydrogens (tertiary/aromatic N) is 2. The van der Waals surface area contributed by atoms with Gasteiger partial charge in [-0.1, -0.05) is 6.92 Å². The lowest BCUT2D eigenvalue weighted by Gasteiger charge is -2.25. The van der Waals surface area contributed by atoms with Gasteiger partial charge in [-0.15, -0.1) is 0 Å². The number of ketones is 1. The van der Waals surface area contributed by atoms with E-state index in [2.05, 4.69) is 33.3 Å². The van der Waals surface area contributed by atoms with Crippen LogP contribution < -0.4 is 5.32 Å². The molecule has 5 nitrogen and oxygen atoms in total. The molecule has 1 atom stereocenters. The van der Waals surface area contributed by atoms with E-state index >= 15 is 0 Å². The van der Waals surface area contributed by atoms with E-state index in [-0.39, 0.29) is 11.2 Å². The molecule has 19 heavy (non-hydrogen) atoms. The highest BCUT2D eigenvalue weighted by Crippen LogP contribution is 2.35. The number of methoxy groups -OCH3 is 1. The molecule has 0 amide bonds. The van der Waals surface area contributed by atoms with E-state index in [9.17, 15) is 4.79 Å². The monoisotopic (exact) mass is 329 g/mol. The Morgan fingerprint density at radius 1 is 1.68 bits per heavy atom. The number of Topliss-reactive ketones (excluding diaryl/α,β-unsaturated/α-hetero) is 1. The first kappa shape index (κ1) is 14.7. The molecule has 0 bridgehead atoms. The van der Waals surface area contributed by atoms with Gasteiger partial charge in [-0.25, -0.2) is 0 Å². The second kappa shape index (κ2) is 6.15. The lowest BCUT2D eigenvalue weighted by atomic mass is 9.78. The summed E-state index contributed by atoms with van der Waals surface area (Å²) in [5.74, 6) is 0.181. The van der Waals surface area contributed by atoms with E-state index in [1.54, 1.807) is 18.0 Å². The van der Waals surface area contributed by atoms with E-state index in [0.29, 0.717) is 18.8 Å². The van der Waals surface area contributed by atoms with Gasteiger partial charge in [0, 0.05) is 19.1 Å². The zero-order chi connectivity index (χ0) is 13.9. The van der Waals surface area contributed by atoms with E-state index in [1.807, 2.05) is 0 Å². The summed E-state index contributed by atoms with van der Waals surface area (Å²) in [6.07, 6.45) is 3.43. The van der Waals surface area contributed by atoms with Crippen molar-refractivity contribution in [1.82, 2.24) is 15.1 Å². The molecule has 0 spiro atoms. The Bertz CT molecular complexity index is 453. The van der Waals surface area contributed by atoms with Crippen LogP contribution in [-0.4, -0.2) is 42.4 Å². The highest BCUT2D eigenvalue weighted by Gasteiger charge is 2.42. The minimum Gasteiger partial charge on any atom is -0.383 e. The van der Waals surface area contributed by atoms with Crippen molar-refractivity contribution in [2.45, 2.75) is 26.3 Å². The van der Waals surface area contributed by atoms with Gasteiger partial charge in [-0.2, -0.15) is 5.10 Å². The number of carbonyl (C=O) groups is 1. The molecule has 0 radical (unpaired) electrons. The number of nitrogens with one attached hydrogen (secondary N) is 1. The standard InChI is InChI=1S/C13H20BrN3O2/c1-3-13(4-5-15-9-13)12(18)11-10(14)8-16-17(11)6-7-19-2/h8,15H,3-7,9H2,1-2H3. The van der Waals surface area contributed by atoms with E-state index in [1.165, 1.54) is 0 Å². The molecule has 1 aliphatic heterocycles. The number of hydrogen-bond acceptors (Lipinski definition) is 4. The molecule has 0 saturated carbocycles. The van der Waals surface area contributed by atoms with Crippen LogP contribution in [0.5, 0.6) is 0 Å². The molecule has 0 aliphatic carbocycles. The average molecular weight is 330 g/mol. The largest absolute Gasteiger partial charge is 0.383 e. The van der Waals surface area contributed by atoms with Crippen LogP contribution >= 0.6 is 15.9 Å². The molecule has 2 heterocycles. The summed E-state index contributed by atoms with van der Waals surface area (Å²) in [5.41, 5.74) is 0.385. The highest BCUT2D eigenvalue weighted by molar-refractivity contribution is 9.10. The maximum atomic E-state index is 12.9. The van der Waals surface area contributed by atoms with Gasteiger partial charge in [-0.3, -0.25) is 9.48 Å². The second-order valence-corrected chi connectivity index (χ2v) is 5.80. The van der Waals surface area contributed by atoms with Crippen LogP contribution in [0.15, 0.2) is 10.7 Å². The maximum Gasteiger partial charge on any atom is 0.189 e. The first-order valence-electron chi connectivity index (χ1n) is 6.60. The Morgan fingerprint density at radius 3 is 3.05 bits per heavy atom. The lowest BCUT2D eigenvalue weighted by Crippen LogP contribution is -2.35. The van der Waals surface area contributed by atoms with Crippen LogP contribution in [0.3, 0.4) is 0 Å². The number of ether oxygens (including phenoxy) is 1. The molecule has 2 rings (SSSR count). The van der Waals surface area contributed by atoms with Gasteiger partial charge in [0.15, 0.2) is 5.78 Å². The summed E-state index contributed by atoms with van der Waals surface area (Å²) in [4.78, 5) is 12.9. The van der Waals surface area contributed by atoms with Crippen LogP contribution in [0.2, 0.25) is 0 Å². The molecule has 106 valence electrons. The maximum absolute atomic E-state index is 12.9. The fourth-order valence-corrected chi connectivity index (χ4v) is 3.06. The molecule has 1 aliphatic rings. The number of halogens is 1. The molecule has 1 N–H and O–H groups in total. The van der Waals surface area contributed by atoms with Gasteiger partial charge in [0.05, 0.1) is 23.8 Å². The first-order chi connectivity index (χ1) is 9.14. The van der Waals surface area contributed by atoms with Crippen molar-refractivity contribution in [3.63, 3.8) is 0 Å².